The van der Waals surface area contributed by atoms with Crippen molar-refractivity contribution in [3.63, 3.8) is 0 Å². The molecule has 2 rings (SSSR count). The molecular formula is C17H25IN6. The lowest BCUT2D eigenvalue weighted by atomic mass is 10.2. The Kier molecular flexibility index (Phi) is 9.06. The molecule has 24 heavy (non-hydrogen) atoms. The van der Waals surface area contributed by atoms with Gasteiger partial charge in [-0.25, -0.2) is 9.67 Å². The zero-order valence-electron chi connectivity index (χ0n) is 14.2. The molecule has 2 aromatic heterocycles. The van der Waals surface area contributed by atoms with E-state index < -0.39 is 0 Å². The summed E-state index contributed by atoms with van der Waals surface area (Å²) in [5.74, 6) is 1.69. The molecule has 2 aromatic rings. The molecule has 0 saturated heterocycles. The zero-order valence-corrected chi connectivity index (χ0v) is 16.6. The number of hydrogen-bond acceptors (Lipinski definition) is 3. The first-order valence-electron chi connectivity index (χ1n) is 7.72. The molecule has 0 aliphatic heterocycles. The summed E-state index contributed by atoms with van der Waals surface area (Å²) in [6, 6.07) is 5.89. The SMILES string of the molecule is C=CCCCN(C)C(=NC)NCc1ccnc(-n2cccn2)c1.I. The Morgan fingerprint density at radius 3 is 2.96 bits per heavy atom. The largest absolute Gasteiger partial charge is 0.352 e. The van der Waals surface area contributed by atoms with E-state index in [-0.39, 0.29) is 24.0 Å². The molecule has 6 nitrogen and oxygen atoms in total. The molecule has 0 aliphatic rings. The van der Waals surface area contributed by atoms with Crippen molar-refractivity contribution < 1.29 is 0 Å². The molecule has 0 bridgehead atoms. The summed E-state index contributed by atoms with van der Waals surface area (Å²) in [5.41, 5.74) is 1.13. The lowest BCUT2D eigenvalue weighted by Crippen LogP contribution is -2.39. The monoisotopic (exact) mass is 440 g/mol. The molecule has 0 amide bonds. The van der Waals surface area contributed by atoms with Gasteiger partial charge in [0.2, 0.25) is 0 Å². The average molecular weight is 440 g/mol. The number of rotatable bonds is 7. The Balaban J connectivity index is 0.00000288. The second kappa shape index (κ2) is 10.8. The van der Waals surface area contributed by atoms with Crippen LogP contribution in [0.5, 0.6) is 0 Å². The second-order valence-electron chi connectivity index (χ2n) is 5.23. The van der Waals surface area contributed by atoms with Crippen LogP contribution in [0.25, 0.3) is 5.82 Å². The van der Waals surface area contributed by atoms with Crippen LogP contribution >= 0.6 is 24.0 Å². The summed E-state index contributed by atoms with van der Waals surface area (Å²) >= 11 is 0. The molecule has 130 valence electrons. The lowest BCUT2D eigenvalue weighted by Gasteiger charge is -2.22. The van der Waals surface area contributed by atoms with Crippen LogP contribution in [0.1, 0.15) is 18.4 Å². The molecule has 1 N–H and O–H groups in total. The summed E-state index contributed by atoms with van der Waals surface area (Å²) in [4.78, 5) is 10.8. The third-order valence-electron chi connectivity index (χ3n) is 3.47. The first kappa shape index (κ1) is 20.1. The Morgan fingerprint density at radius 2 is 2.29 bits per heavy atom. The number of aliphatic imine (C=N–C) groups is 1. The van der Waals surface area contributed by atoms with E-state index in [9.17, 15) is 0 Å². The predicted molar refractivity (Wildman–Crippen MR) is 109 cm³/mol. The van der Waals surface area contributed by atoms with Crippen molar-refractivity contribution in [2.75, 3.05) is 20.6 Å². The normalized spacial score (nSPS) is 10.8. The minimum atomic E-state index is 0. The molecule has 0 atom stereocenters. The fraction of sp³-hybridized carbons (Fsp3) is 0.353. The van der Waals surface area contributed by atoms with E-state index in [1.807, 2.05) is 37.5 Å². The smallest absolute Gasteiger partial charge is 0.193 e. The maximum Gasteiger partial charge on any atom is 0.193 e. The quantitative estimate of drug-likeness (QED) is 0.237. The second-order valence-corrected chi connectivity index (χ2v) is 5.23. The van der Waals surface area contributed by atoms with Crippen LogP contribution in [0.4, 0.5) is 0 Å². The van der Waals surface area contributed by atoms with E-state index in [4.69, 9.17) is 0 Å². The number of allylic oxidation sites excluding steroid dienone is 1. The maximum atomic E-state index is 4.34. The summed E-state index contributed by atoms with van der Waals surface area (Å²) < 4.78 is 1.75. The van der Waals surface area contributed by atoms with Gasteiger partial charge in [0.05, 0.1) is 0 Å². The fourth-order valence-corrected chi connectivity index (χ4v) is 2.24. The van der Waals surface area contributed by atoms with Gasteiger partial charge in [0.15, 0.2) is 11.8 Å². The van der Waals surface area contributed by atoms with Gasteiger partial charge in [-0.05, 0) is 36.6 Å². The molecule has 0 radical (unpaired) electrons. The summed E-state index contributed by atoms with van der Waals surface area (Å²) in [5, 5.41) is 7.58. The highest BCUT2D eigenvalue weighted by molar-refractivity contribution is 14.0. The predicted octanol–water partition coefficient (Wildman–Crippen LogP) is 2.86. The molecule has 0 aromatic carbocycles. The lowest BCUT2D eigenvalue weighted by molar-refractivity contribution is 0.470. The molecule has 2 heterocycles. The van der Waals surface area contributed by atoms with Crippen LogP contribution in [0, 0.1) is 0 Å². The van der Waals surface area contributed by atoms with E-state index in [2.05, 4.69) is 31.9 Å². The number of nitrogens with zero attached hydrogens (tertiary/aromatic N) is 5. The molecule has 0 spiro atoms. The van der Waals surface area contributed by atoms with Crippen LogP contribution in [0.15, 0.2) is 54.4 Å². The molecular weight excluding hydrogens is 415 g/mol. The number of unbranched alkanes of at least 4 members (excludes halogenated alkanes) is 1. The van der Waals surface area contributed by atoms with Crippen LogP contribution < -0.4 is 5.32 Å². The van der Waals surface area contributed by atoms with Gasteiger partial charge in [0.1, 0.15) is 0 Å². The van der Waals surface area contributed by atoms with Crippen molar-refractivity contribution in [3.05, 3.63) is 55.0 Å². The molecule has 0 unspecified atom stereocenters. The van der Waals surface area contributed by atoms with Gasteiger partial charge in [-0.1, -0.05) is 6.08 Å². The van der Waals surface area contributed by atoms with Crippen LogP contribution in [-0.4, -0.2) is 46.3 Å². The van der Waals surface area contributed by atoms with E-state index >= 15 is 0 Å². The van der Waals surface area contributed by atoms with Crippen molar-refractivity contribution in [1.29, 1.82) is 0 Å². The summed E-state index contributed by atoms with van der Waals surface area (Å²) in [7, 11) is 3.84. The van der Waals surface area contributed by atoms with Crippen LogP contribution in [0.3, 0.4) is 0 Å². The third kappa shape index (κ3) is 5.95. The number of nitrogens with one attached hydrogen (secondary N) is 1. The highest BCUT2D eigenvalue weighted by Crippen LogP contribution is 2.06. The number of pyridine rings is 1. The van der Waals surface area contributed by atoms with Gasteiger partial charge in [-0.2, -0.15) is 5.10 Å². The minimum absolute atomic E-state index is 0. The highest BCUT2D eigenvalue weighted by Gasteiger charge is 2.06. The van der Waals surface area contributed by atoms with Gasteiger partial charge in [-0.3, -0.25) is 4.99 Å². The standard InChI is InChI=1S/C17H24N6.HI/c1-4-5-6-11-22(3)17(18-2)20-14-15-8-10-19-16(13-15)23-12-7-9-21-23;/h4,7-10,12-13H,1,5-6,11,14H2,2-3H3,(H,18,20);1H. The van der Waals surface area contributed by atoms with Crippen LogP contribution in [-0.2, 0) is 6.54 Å². The number of guanidine groups is 1. The number of halogens is 1. The van der Waals surface area contributed by atoms with Crippen molar-refractivity contribution in [2.24, 2.45) is 4.99 Å². The van der Waals surface area contributed by atoms with E-state index in [0.29, 0.717) is 6.54 Å². The number of hydrogen-bond donors (Lipinski definition) is 1. The molecule has 0 fully saturated rings. The summed E-state index contributed by atoms with van der Waals surface area (Å²) in [6.45, 7) is 5.39. The van der Waals surface area contributed by atoms with Gasteiger partial charge < -0.3 is 10.2 Å². The highest BCUT2D eigenvalue weighted by atomic mass is 127. The summed E-state index contributed by atoms with van der Waals surface area (Å²) in [6.07, 6.45) is 9.44. The molecule has 7 heteroatoms. The van der Waals surface area contributed by atoms with Gasteiger partial charge in [-0.15, -0.1) is 30.6 Å². The fourth-order valence-electron chi connectivity index (χ4n) is 2.24. The first-order valence-corrected chi connectivity index (χ1v) is 7.72. The maximum absolute atomic E-state index is 4.34. The Labute approximate surface area is 160 Å². The van der Waals surface area contributed by atoms with E-state index in [1.54, 1.807) is 24.1 Å². The van der Waals surface area contributed by atoms with Crippen LogP contribution in [0.2, 0.25) is 0 Å². The van der Waals surface area contributed by atoms with Gasteiger partial charge >= 0.3 is 0 Å². The Bertz CT molecular complexity index is 638. The number of aromatic nitrogens is 3. The zero-order chi connectivity index (χ0) is 16.5. The van der Waals surface area contributed by atoms with E-state index in [0.717, 1.165) is 36.7 Å². The Hall–Kier alpha value is -1.90. The van der Waals surface area contributed by atoms with Gasteiger partial charge in [0, 0.05) is 45.8 Å². The minimum Gasteiger partial charge on any atom is -0.352 e. The van der Waals surface area contributed by atoms with Gasteiger partial charge in [0.25, 0.3) is 0 Å². The first-order chi connectivity index (χ1) is 11.2. The Morgan fingerprint density at radius 1 is 1.46 bits per heavy atom. The third-order valence-corrected chi connectivity index (χ3v) is 3.47. The van der Waals surface area contributed by atoms with Crippen molar-refractivity contribution in [2.45, 2.75) is 19.4 Å². The molecule has 0 saturated carbocycles. The van der Waals surface area contributed by atoms with Crippen molar-refractivity contribution >= 4 is 29.9 Å². The average Bonchev–Trinajstić information content (AvgIpc) is 3.10. The van der Waals surface area contributed by atoms with Crippen molar-refractivity contribution in [3.8, 4) is 5.82 Å². The van der Waals surface area contributed by atoms with Crippen molar-refractivity contribution in [1.82, 2.24) is 25.0 Å². The topological polar surface area (TPSA) is 58.3 Å². The molecule has 0 aliphatic carbocycles. The van der Waals surface area contributed by atoms with E-state index in [1.165, 1.54) is 0 Å².